The van der Waals surface area contributed by atoms with Crippen molar-refractivity contribution in [3.63, 3.8) is 0 Å². The SMILES string of the molecule is Fc1c(OCc2ccccc2)ncc(C(F)(F)F)c1CBr. The summed E-state index contributed by atoms with van der Waals surface area (Å²) in [6.07, 6.45) is -4.07. The molecule has 0 aliphatic carbocycles. The van der Waals surface area contributed by atoms with Gasteiger partial charge in [0, 0.05) is 17.1 Å². The zero-order valence-corrected chi connectivity index (χ0v) is 12.2. The molecular weight excluding hydrogens is 354 g/mol. The molecule has 21 heavy (non-hydrogen) atoms. The van der Waals surface area contributed by atoms with E-state index in [1.807, 2.05) is 6.07 Å². The van der Waals surface area contributed by atoms with E-state index in [1.165, 1.54) is 0 Å². The molecule has 1 aromatic carbocycles. The van der Waals surface area contributed by atoms with Crippen LogP contribution in [0.5, 0.6) is 5.88 Å². The first-order valence-corrected chi connectivity index (χ1v) is 7.03. The third-order valence-electron chi connectivity index (χ3n) is 2.75. The van der Waals surface area contributed by atoms with Gasteiger partial charge in [-0.15, -0.1) is 0 Å². The Hall–Kier alpha value is -1.63. The lowest BCUT2D eigenvalue weighted by molar-refractivity contribution is -0.138. The van der Waals surface area contributed by atoms with Crippen LogP contribution < -0.4 is 4.74 Å². The van der Waals surface area contributed by atoms with Gasteiger partial charge in [-0.2, -0.15) is 13.2 Å². The van der Waals surface area contributed by atoms with Crippen LogP contribution in [0.3, 0.4) is 0 Å². The van der Waals surface area contributed by atoms with Crippen molar-refractivity contribution in [2.75, 3.05) is 0 Å². The van der Waals surface area contributed by atoms with E-state index in [-0.39, 0.29) is 11.9 Å². The number of halogens is 5. The van der Waals surface area contributed by atoms with Crippen LogP contribution in [0.2, 0.25) is 0 Å². The van der Waals surface area contributed by atoms with Crippen LogP contribution in [0, 0.1) is 5.82 Å². The van der Waals surface area contributed by atoms with E-state index in [1.54, 1.807) is 24.3 Å². The van der Waals surface area contributed by atoms with Gasteiger partial charge >= 0.3 is 6.18 Å². The molecule has 0 unspecified atom stereocenters. The van der Waals surface area contributed by atoms with Crippen LogP contribution in [-0.2, 0) is 18.1 Å². The van der Waals surface area contributed by atoms with Crippen LogP contribution in [-0.4, -0.2) is 4.98 Å². The monoisotopic (exact) mass is 363 g/mol. The van der Waals surface area contributed by atoms with E-state index in [0.717, 1.165) is 5.56 Å². The van der Waals surface area contributed by atoms with Gasteiger partial charge in [0.25, 0.3) is 5.88 Å². The molecule has 0 bridgehead atoms. The number of rotatable bonds is 4. The summed E-state index contributed by atoms with van der Waals surface area (Å²) in [4.78, 5) is 3.43. The number of ether oxygens (including phenoxy) is 1. The van der Waals surface area contributed by atoms with Crippen molar-refractivity contribution in [2.24, 2.45) is 0 Å². The Morgan fingerprint density at radius 3 is 2.38 bits per heavy atom. The van der Waals surface area contributed by atoms with Gasteiger partial charge in [0.05, 0.1) is 5.56 Å². The molecule has 0 saturated heterocycles. The predicted molar refractivity (Wildman–Crippen MR) is 72.6 cm³/mol. The zero-order valence-electron chi connectivity index (χ0n) is 10.6. The van der Waals surface area contributed by atoms with Gasteiger partial charge in [-0.05, 0) is 5.56 Å². The molecule has 0 spiro atoms. The fourth-order valence-electron chi connectivity index (χ4n) is 1.71. The second-order valence-electron chi connectivity index (χ2n) is 4.18. The summed E-state index contributed by atoms with van der Waals surface area (Å²) in [6.45, 7) is 0.0256. The molecule has 0 radical (unpaired) electrons. The second-order valence-corrected chi connectivity index (χ2v) is 4.74. The Labute approximate surface area is 126 Å². The topological polar surface area (TPSA) is 22.1 Å². The van der Waals surface area contributed by atoms with E-state index in [4.69, 9.17) is 4.74 Å². The van der Waals surface area contributed by atoms with E-state index in [2.05, 4.69) is 20.9 Å². The van der Waals surface area contributed by atoms with E-state index in [0.29, 0.717) is 6.20 Å². The summed E-state index contributed by atoms with van der Waals surface area (Å²) >= 11 is 2.86. The molecule has 0 N–H and O–H groups in total. The fourth-order valence-corrected chi connectivity index (χ4v) is 2.25. The predicted octanol–water partition coefficient (Wildman–Crippen LogP) is 4.71. The minimum atomic E-state index is -4.66. The maximum Gasteiger partial charge on any atom is 0.418 e. The molecule has 0 aliphatic heterocycles. The smallest absolute Gasteiger partial charge is 0.418 e. The highest BCUT2D eigenvalue weighted by Crippen LogP contribution is 2.35. The van der Waals surface area contributed by atoms with Crippen molar-refractivity contribution in [2.45, 2.75) is 18.1 Å². The first kappa shape index (κ1) is 15.8. The van der Waals surface area contributed by atoms with Gasteiger partial charge < -0.3 is 4.74 Å². The third-order valence-corrected chi connectivity index (χ3v) is 3.31. The molecule has 0 fully saturated rings. The van der Waals surface area contributed by atoms with Gasteiger partial charge in [-0.1, -0.05) is 46.3 Å². The number of alkyl halides is 4. The van der Waals surface area contributed by atoms with Crippen LogP contribution in [0.25, 0.3) is 0 Å². The van der Waals surface area contributed by atoms with Crippen molar-refractivity contribution >= 4 is 15.9 Å². The van der Waals surface area contributed by atoms with Crippen molar-refractivity contribution in [1.29, 1.82) is 0 Å². The van der Waals surface area contributed by atoms with Crippen LogP contribution in [0.15, 0.2) is 36.5 Å². The van der Waals surface area contributed by atoms with Crippen LogP contribution in [0.1, 0.15) is 16.7 Å². The molecule has 0 aliphatic rings. The van der Waals surface area contributed by atoms with Crippen molar-refractivity contribution in [1.82, 2.24) is 4.98 Å². The Kier molecular flexibility index (Phi) is 4.82. The lowest BCUT2D eigenvalue weighted by atomic mass is 10.1. The molecule has 2 rings (SSSR count). The van der Waals surface area contributed by atoms with Crippen molar-refractivity contribution in [3.8, 4) is 5.88 Å². The number of pyridine rings is 1. The summed E-state index contributed by atoms with van der Waals surface area (Å²) in [5, 5.41) is -0.280. The van der Waals surface area contributed by atoms with Gasteiger partial charge in [-0.3, -0.25) is 0 Å². The molecule has 0 amide bonds. The third kappa shape index (κ3) is 3.72. The Morgan fingerprint density at radius 2 is 1.81 bits per heavy atom. The lowest BCUT2D eigenvalue weighted by Gasteiger charge is -2.14. The maximum atomic E-state index is 14.0. The maximum absolute atomic E-state index is 14.0. The first-order valence-electron chi connectivity index (χ1n) is 5.90. The molecule has 7 heteroatoms. The number of hydrogen-bond donors (Lipinski definition) is 0. The van der Waals surface area contributed by atoms with Crippen LogP contribution >= 0.6 is 15.9 Å². The highest BCUT2D eigenvalue weighted by molar-refractivity contribution is 9.08. The minimum Gasteiger partial charge on any atom is -0.471 e. The van der Waals surface area contributed by atoms with E-state index >= 15 is 0 Å². The average molecular weight is 364 g/mol. The highest BCUT2D eigenvalue weighted by atomic mass is 79.9. The second kappa shape index (κ2) is 6.43. The highest BCUT2D eigenvalue weighted by Gasteiger charge is 2.36. The standard InChI is InChI=1S/C14H10BrF4NO/c15-6-10-11(14(17,18)19)7-20-13(12(10)16)21-8-9-4-2-1-3-5-9/h1-5,7H,6,8H2. The average Bonchev–Trinajstić information content (AvgIpc) is 2.45. The van der Waals surface area contributed by atoms with E-state index in [9.17, 15) is 17.6 Å². The Morgan fingerprint density at radius 1 is 1.14 bits per heavy atom. The molecule has 2 aromatic rings. The normalized spacial score (nSPS) is 11.5. The van der Waals surface area contributed by atoms with Gasteiger partial charge in [0.15, 0.2) is 5.82 Å². The summed E-state index contributed by atoms with van der Waals surface area (Å²) in [5.74, 6) is -1.54. The first-order chi connectivity index (χ1) is 9.93. The zero-order chi connectivity index (χ0) is 15.5. The lowest BCUT2D eigenvalue weighted by Crippen LogP contribution is -2.12. The summed E-state index contributed by atoms with van der Waals surface area (Å²) in [6, 6.07) is 8.88. The number of hydrogen-bond acceptors (Lipinski definition) is 2. The Balaban J connectivity index is 2.26. The molecular formula is C14H10BrF4NO. The molecule has 1 heterocycles. The molecule has 2 nitrogen and oxygen atoms in total. The fraction of sp³-hybridized carbons (Fsp3) is 0.214. The van der Waals surface area contributed by atoms with E-state index < -0.39 is 29.0 Å². The minimum absolute atomic E-state index is 0.0256. The molecule has 112 valence electrons. The molecule has 1 aromatic heterocycles. The number of benzene rings is 1. The van der Waals surface area contributed by atoms with Crippen molar-refractivity contribution < 1.29 is 22.3 Å². The summed E-state index contributed by atoms with van der Waals surface area (Å²) < 4.78 is 57.4. The van der Waals surface area contributed by atoms with Crippen LogP contribution in [0.4, 0.5) is 17.6 Å². The summed E-state index contributed by atoms with van der Waals surface area (Å²) in [5.41, 5.74) is -0.858. The van der Waals surface area contributed by atoms with Gasteiger partial charge in [-0.25, -0.2) is 9.37 Å². The Bertz CT molecular complexity index is 616. The van der Waals surface area contributed by atoms with Gasteiger partial charge in [0.2, 0.25) is 0 Å². The molecule has 0 saturated carbocycles. The quantitative estimate of drug-likeness (QED) is 0.579. The molecule has 0 atom stereocenters. The van der Waals surface area contributed by atoms with Gasteiger partial charge in [0.1, 0.15) is 6.61 Å². The number of aromatic nitrogens is 1. The number of nitrogens with zero attached hydrogens (tertiary/aromatic N) is 1. The largest absolute Gasteiger partial charge is 0.471 e. The summed E-state index contributed by atoms with van der Waals surface area (Å²) in [7, 11) is 0. The van der Waals surface area contributed by atoms with Crippen molar-refractivity contribution in [3.05, 3.63) is 59.0 Å².